The number of rotatable bonds is 2. The minimum absolute atomic E-state index is 0.721. The van der Waals surface area contributed by atoms with Crippen molar-refractivity contribution < 1.29 is 22.0 Å². The summed E-state index contributed by atoms with van der Waals surface area (Å²) >= 11 is 0.382. The Kier molecular flexibility index (Phi) is 4.32. The maximum absolute atomic E-state index is 9.55. The number of halogens is 1. The summed E-state index contributed by atoms with van der Waals surface area (Å²) in [5.74, 6) is 0. The fourth-order valence-corrected chi connectivity index (χ4v) is 0.110. The fourth-order valence-electron chi connectivity index (χ4n) is 0.0185. The van der Waals surface area contributed by atoms with Gasteiger partial charge in [-0.25, -0.2) is 0 Å². The van der Waals surface area contributed by atoms with Gasteiger partial charge in [-0.15, -0.1) is 0 Å². The van der Waals surface area contributed by atoms with Crippen LogP contribution in [0.15, 0.2) is 0 Å². The number of carbonyl (C=O) groups excluding carboxylic acids is 2. The van der Waals surface area contributed by atoms with Gasteiger partial charge < -0.3 is 0 Å². The maximum atomic E-state index is 9.55. The molecular weight excluding hydrogens is 286 g/mol. The summed E-state index contributed by atoms with van der Waals surface area (Å²) in [6.07, 6.45) is 0. The quantitative estimate of drug-likeness (QED) is 0.417. The van der Waals surface area contributed by atoms with Crippen LogP contribution >= 0.6 is 19.8 Å². The van der Waals surface area contributed by atoms with E-state index in [4.69, 9.17) is 0 Å². The molecule has 0 saturated heterocycles. The molecule has 0 atom stereocenters. The SMILES string of the molecule is O=[CH][Rh]([I])[CH]=O. The van der Waals surface area contributed by atoms with Crippen LogP contribution in [0.4, 0.5) is 0 Å². The van der Waals surface area contributed by atoms with Crippen LogP contribution in [-0.4, -0.2) is 9.76 Å². The van der Waals surface area contributed by atoms with Gasteiger partial charge in [-0.3, -0.25) is 0 Å². The van der Waals surface area contributed by atoms with Gasteiger partial charge in [0, 0.05) is 0 Å². The number of hydrogen-bond donors (Lipinski definition) is 0. The number of hydrogen-bond acceptors (Lipinski definition) is 2. The number of carbonyl (C=O) groups is 2. The van der Waals surface area contributed by atoms with Crippen LogP contribution in [-0.2, 0) is 22.0 Å². The third-order valence-corrected chi connectivity index (χ3v) is 2.89. The molecule has 38 valence electrons. The van der Waals surface area contributed by atoms with Gasteiger partial charge in [-0.2, -0.15) is 0 Å². The molecule has 0 aliphatic rings. The predicted octanol–water partition coefficient (Wildman–Crippen LogP) is 0.335. The Labute approximate surface area is 51.4 Å². The molecule has 6 heavy (non-hydrogen) atoms. The Morgan fingerprint density at radius 3 is 1.67 bits per heavy atom. The second kappa shape index (κ2) is 3.87. The van der Waals surface area contributed by atoms with Gasteiger partial charge in [-0.1, -0.05) is 0 Å². The van der Waals surface area contributed by atoms with Crippen molar-refractivity contribution in [2.75, 3.05) is 0 Å². The molecule has 0 bridgehead atoms. The molecule has 4 heteroatoms. The summed E-state index contributed by atoms with van der Waals surface area (Å²) < 4.78 is 0. The van der Waals surface area contributed by atoms with E-state index in [2.05, 4.69) is 0 Å². The zero-order chi connectivity index (χ0) is 4.99. The fraction of sp³-hybridized carbons (Fsp3) is 0. The van der Waals surface area contributed by atoms with E-state index in [1.54, 1.807) is 0 Å². The van der Waals surface area contributed by atoms with Gasteiger partial charge in [0.05, 0.1) is 0 Å². The molecule has 0 aromatic heterocycles. The standard InChI is InChI=1S/2CHO.HI.Rh/c2*1-2;;/h2*1H;1H;/q;;;+1/p-1. The van der Waals surface area contributed by atoms with E-state index >= 15 is 0 Å². The van der Waals surface area contributed by atoms with Crippen LogP contribution in [0.5, 0.6) is 0 Å². The van der Waals surface area contributed by atoms with E-state index in [1.807, 2.05) is 19.8 Å². The Morgan fingerprint density at radius 2 is 1.67 bits per heavy atom. The van der Waals surface area contributed by atoms with Gasteiger partial charge in [-0.05, 0) is 0 Å². The third-order valence-electron chi connectivity index (χ3n) is 0.150. The summed E-state index contributed by atoms with van der Waals surface area (Å²) in [5.41, 5.74) is 0. The first kappa shape index (κ1) is 6.69. The molecule has 0 fully saturated rings. The van der Waals surface area contributed by atoms with Crippen molar-refractivity contribution in [1.29, 1.82) is 0 Å². The summed E-state index contributed by atoms with van der Waals surface area (Å²) in [4.78, 5) is 20.6. The van der Waals surface area contributed by atoms with E-state index < -0.39 is 12.4 Å². The molecule has 0 spiro atoms. The van der Waals surface area contributed by atoms with Crippen molar-refractivity contribution >= 4 is 29.5 Å². The molecule has 0 heterocycles. The van der Waals surface area contributed by atoms with Crippen molar-refractivity contribution in [2.24, 2.45) is 0 Å². The van der Waals surface area contributed by atoms with Crippen molar-refractivity contribution in [3.8, 4) is 0 Å². The topological polar surface area (TPSA) is 34.1 Å². The van der Waals surface area contributed by atoms with Crippen molar-refractivity contribution in [2.45, 2.75) is 0 Å². The minimum atomic E-state index is -1.48. The van der Waals surface area contributed by atoms with Gasteiger partial charge in [0.15, 0.2) is 0 Å². The Bertz CT molecular complexity index is 56.6. The van der Waals surface area contributed by atoms with Crippen molar-refractivity contribution in [3.63, 3.8) is 0 Å². The molecule has 0 aliphatic heterocycles. The van der Waals surface area contributed by atoms with Crippen LogP contribution in [0.1, 0.15) is 0 Å². The van der Waals surface area contributed by atoms with Gasteiger partial charge >= 0.3 is 51.5 Å². The summed E-state index contributed by atoms with van der Waals surface area (Å²) in [6.45, 7) is 0. The molecule has 0 saturated carbocycles. The van der Waals surface area contributed by atoms with Crippen LogP contribution in [0.3, 0.4) is 0 Å². The van der Waals surface area contributed by atoms with E-state index in [-0.39, 0.29) is 0 Å². The van der Waals surface area contributed by atoms with Crippen LogP contribution in [0.2, 0.25) is 0 Å². The predicted molar refractivity (Wildman–Crippen MR) is 27.5 cm³/mol. The molecule has 0 unspecified atom stereocenters. The molecule has 0 radical (unpaired) electrons. The van der Waals surface area contributed by atoms with Crippen LogP contribution in [0, 0.1) is 0 Å². The molecule has 0 N–H and O–H groups in total. The average molecular weight is 288 g/mol. The monoisotopic (exact) mass is 288 g/mol. The molecule has 0 aromatic carbocycles. The Morgan fingerprint density at radius 1 is 1.33 bits per heavy atom. The summed E-state index contributed by atoms with van der Waals surface area (Å²) in [6, 6.07) is 0. The van der Waals surface area contributed by atoms with Gasteiger partial charge in [0.25, 0.3) is 0 Å². The molecule has 2 nitrogen and oxygen atoms in total. The van der Waals surface area contributed by atoms with E-state index in [0.717, 1.165) is 9.76 Å². The summed E-state index contributed by atoms with van der Waals surface area (Å²) in [5, 5.41) is 0. The van der Waals surface area contributed by atoms with E-state index in [9.17, 15) is 9.59 Å². The van der Waals surface area contributed by atoms with Crippen LogP contribution < -0.4 is 0 Å². The van der Waals surface area contributed by atoms with Crippen molar-refractivity contribution in [1.82, 2.24) is 0 Å². The normalized spacial score (nSPS) is 9.83. The van der Waals surface area contributed by atoms with Gasteiger partial charge in [0.1, 0.15) is 0 Å². The van der Waals surface area contributed by atoms with Gasteiger partial charge in [0.2, 0.25) is 0 Å². The molecular formula is C2H2IO2Rh. The first-order valence-electron chi connectivity index (χ1n) is 0.982. The average Bonchev–Trinajstić information content (AvgIpc) is 1.65. The second-order valence-corrected chi connectivity index (χ2v) is 7.36. The second-order valence-electron chi connectivity index (χ2n) is 0.414. The molecule has 0 rings (SSSR count). The van der Waals surface area contributed by atoms with E-state index in [1.165, 1.54) is 0 Å². The third kappa shape index (κ3) is 2.91. The Balaban J connectivity index is 3.21. The zero-order valence-electron chi connectivity index (χ0n) is 2.68. The zero-order valence-corrected chi connectivity index (χ0v) is 6.48. The first-order valence-corrected chi connectivity index (χ1v) is 7.75. The van der Waals surface area contributed by atoms with Crippen LogP contribution in [0.25, 0.3) is 0 Å². The molecule has 0 aliphatic carbocycles. The van der Waals surface area contributed by atoms with Crippen molar-refractivity contribution in [3.05, 3.63) is 0 Å². The Hall–Kier alpha value is 0.693. The first-order chi connectivity index (χ1) is 2.81. The summed E-state index contributed by atoms with van der Waals surface area (Å²) in [7, 11) is 0. The van der Waals surface area contributed by atoms with E-state index in [0.29, 0.717) is 0 Å². The molecule has 0 amide bonds. The molecule has 0 aromatic rings.